The summed E-state index contributed by atoms with van der Waals surface area (Å²) >= 11 is 0. The molecule has 0 spiro atoms. The number of rotatable bonds is 5. The number of aromatic nitrogens is 3. The molecule has 2 aliphatic rings. The topological polar surface area (TPSA) is 80.7 Å². The average Bonchev–Trinajstić information content (AvgIpc) is 2.89. The van der Waals surface area contributed by atoms with Gasteiger partial charge in [-0.25, -0.2) is 18.7 Å². The maximum atomic E-state index is 14.1. The molecule has 36 heavy (non-hydrogen) atoms. The molecular formula is C26H27F2N5O3. The van der Waals surface area contributed by atoms with E-state index in [-0.39, 0.29) is 17.8 Å². The van der Waals surface area contributed by atoms with E-state index in [0.29, 0.717) is 68.4 Å². The standard InChI is InChI=1S/C26H27F2N5O3/c1-16(34)33-13-9-20-21(15-33)30-25(24-23(35-2)4-3-10-29-24)26(31-20)32-11-7-18(8-12-32)36-22-6-5-17(27)14-19(22)28/h3-6,10,14,18H,7-9,11-13,15H2,1-2H3. The number of nitrogens with zero attached hydrogens (tertiary/aromatic N) is 5. The van der Waals surface area contributed by atoms with Crippen molar-refractivity contribution < 1.29 is 23.0 Å². The minimum absolute atomic E-state index is 0.00292. The molecule has 4 heterocycles. The number of benzene rings is 1. The van der Waals surface area contributed by atoms with Crippen LogP contribution in [0.2, 0.25) is 0 Å². The van der Waals surface area contributed by atoms with Crippen LogP contribution < -0.4 is 14.4 Å². The van der Waals surface area contributed by atoms with E-state index < -0.39 is 11.6 Å². The smallest absolute Gasteiger partial charge is 0.219 e. The Kier molecular flexibility index (Phi) is 6.67. The average molecular weight is 496 g/mol. The van der Waals surface area contributed by atoms with Gasteiger partial charge in [0.25, 0.3) is 0 Å². The van der Waals surface area contributed by atoms with Crippen LogP contribution in [0.15, 0.2) is 36.5 Å². The first-order valence-electron chi connectivity index (χ1n) is 11.9. The normalized spacial score (nSPS) is 16.0. The summed E-state index contributed by atoms with van der Waals surface area (Å²) in [6.45, 7) is 3.78. The Labute approximate surface area is 207 Å². The highest BCUT2D eigenvalue weighted by atomic mass is 19.1. The van der Waals surface area contributed by atoms with Gasteiger partial charge in [-0.1, -0.05) is 0 Å². The van der Waals surface area contributed by atoms with Crippen LogP contribution in [0.25, 0.3) is 11.4 Å². The van der Waals surface area contributed by atoms with Crippen LogP contribution in [-0.2, 0) is 17.8 Å². The van der Waals surface area contributed by atoms with Gasteiger partial charge in [0.05, 0.1) is 25.0 Å². The fourth-order valence-electron chi connectivity index (χ4n) is 4.64. The fourth-order valence-corrected chi connectivity index (χ4v) is 4.64. The molecule has 0 bridgehead atoms. The van der Waals surface area contributed by atoms with Gasteiger partial charge >= 0.3 is 0 Å². The van der Waals surface area contributed by atoms with Crippen molar-refractivity contribution in [2.75, 3.05) is 31.6 Å². The highest BCUT2D eigenvalue weighted by Crippen LogP contribution is 2.36. The molecule has 0 N–H and O–H groups in total. The summed E-state index contributed by atoms with van der Waals surface area (Å²) in [4.78, 5) is 30.3. The summed E-state index contributed by atoms with van der Waals surface area (Å²) in [6.07, 6.45) is 3.36. The van der Waals surface area contributed by atoms with Crippen molar-refractivity contribution in [2.45, 2.75) is 38.8 Å². The van der Waals surface area contributed by atoms with E-state index in [9.17, 15) is 13.6 Å². The minimum Gasteiger partial charge on any atom is -0.494 e. The van der Waals surface area contributed by atoms with Crippen LogP contribution in [-0.4, -0.2) is 58.6 Å². The summed E-state index contributed by atoms with van der Waals surface area (Å²) in [7, 11) is 1.58. The zero-order valence-corrected chi connectivity index (χ0v) is 20.2. The summed E-state index contributed by atoms with van der Waals surface area (Å²) < 4.78 is 38.7. The Morgan fingerprint density at radius 2 is 1.83 bits per heavy atom. The molecule has 0 atom stereocenters. The van der Waals surface area contributed by atoms with E-state index in [1.54, 1.807) is 31.2 Å². The number of anilines is 1. The van der Waals surface area contributed by atoms with Crippen molar-refractivity contribution in [1.29, 1.82) is 0 Å². The number of carbonyl (C=O) groups is 1. The molecule has 5 rings (SSSR count). The van der Waals surface area contributed by atoms with Gasteiger partial charge < -0.3 is 19.3 Å². The van der Waals surface area contributed by atoms with Crippen LogP contribution in [0.5, 0.6) is 11.5 Å². The van der Waals surface area contributed by atoms with Gasteiger partial charge in [0.15, 0.2) is 17.4 Å². The van der Waals surface area contributed by atoms with Crippen LogP contribution in [0.3, 0.4) is 0 Å². The summed E-state index contributed by atoms with van der Waals surface area (Å²) in [5.41, 5.74) is 2.80. The molecular weight excluding hydrogens is 468 g/mol. The van der Waals surface area contributed by atoms with Gasteiger partial charge in [-0.05, 0) is 24.3 Å². The summed E-state index contributed by atoms with van der Waals surface area (Å²) in [5, 5.41) is 0. The number of hydrogen-bond donors (Lipinski definition) is 0. The first-order valence-corrected chi connectivity index (χ1v) is 11.9. The van der Waals surface area contributed by atoms with Gasteiger partial charge in [0, 0.05) is 58.1 Å². The van der Waals surface area contributed by atoms with E-state index in [1.165, 1.54) is 12.1 Å². The molecule has 2 aliphatic heterocycles. The molecule has 1 saturated heterocycles. The van der Waals surface area contributed by atoms with Gasteiger partial charge in [0.2, 0.25) is 5.91 Å². The first-order chi connectivity index (χ1) is 17.4. The highest BCUT2D eigenvalue weighted by molar-refractivity contribution is 5.75. The fraction of sp³-hybridized carbons (Fsp3) is 0.385. The number of amides is 1. The Hall–Kier alpha value is -3.82. The van der Waals surface area contributed by atoms with Gasteiger partial charge in [-0.3, -0.25) is 9.78 Å². The Morgan fingerprint density at radius 3 is 2.56 bits per heavy atom. The van der Waals surface area contributed by atoms with Gasteiger partial charge in [-0.15, -0.1) is 0 Å². The number of methoxy groups -OCH3 is 1. The summed E-state index contributed by atoms with van der Waals surface area (Å²) in [6, 6.07) is 6.96. The molecule has 0 saturated carbocycles. The van der Waals surface area contributed by atoms with E-state index in [2.05, 4.69) is 9.88 Å². The third-order valence-electron chi connectivity index (χ3n) is 6.58. The highest BCUT2D eigenvalue weighted by Gasteiger charge is 2.29. The second kappa shape index (κ2) is 10.0. The second-order valence-corrected chi connectivity index (χ2v) is 8.91. The van der Waals surface area contributed by atoms with Crippen molar-refractivity contribution in [2.24, 2.45) is 0 Å². The molecule has 1 fully saturated rings. The van der Waals surface area contributed by atoms with E-state index >= 15 is 0 Å². The molecule has 1 aromatic carbocycles. The third kappa shape index (κ3) is 4.80. The molecule has 1 amide bonds. The molecule has 188 valence electrons. The summed E-state index contributed by atoms with van der Waals surface area (Å²) in [5.74, 6) is -0.00197. The number of halogens is 2. The Balaban J connectivity index is 1.43. The molecule has 10 heteroatoms. The number of fused-ring (bicyclic) bond motifs is 1. The predicted octanol–water partition coefficient (Wildman–Crippen LogP) is 3.78. The Morgan fingerprint density at radius 1 is 1.03 bits per heavy atom. The number of pyridine rings is 1. The second-order valence-electron chi connectivity index (χ2n) is 8.91. The maximum Gasteiger partial charge on any atom is 0.219 e. The number of carbonyl (C=O) groups excluding carboxylic acids is 1. The monoisotopic (exact) mass is 495 g/mol. The SMILES string of the molecule is COc1cccnc1-c1nc2c(nc1N1CCC(Oc3ccc(F)cc3F)CC1)CCN(C(C)=O)C2. The van der Waals surface area contributed by atoms with Crippen molar-refractivity contribution in [3.63, 3.8) is 0 Å². The van der Waals surface area contributed by atoms with Crippen molar-refractivity contribution in [3.8, 4) is 22.9 Å². The van der Waals surface area contributed by atoms with Gasteiger partial charge in [0.1, 0.15) is 29.1 Å². The lowest BCUT2D eigenvalue weighted by Crippen LogP contribution is -2.40. The zero-order valence-electron chi connectivity index (χ0n) is 20.2. The predicted molar refractivity (Wildman–Crippen MR) is 129 cm³/mol. The quantitative estimate of drug-likeness (QED) is 0.533. The number of hydrogen-bond acceptors (Lipinski definition) is 7. The zero-order chi connectivity index (χ0) is 25.2. The van der Waals surface area contributed by atoms with E-state index in [0.717, 1.165) is 17.5 Å². The lowest BCUT2D eigenvalue weighted by atomic mass is 10.1. The lowest BCUT2D eigenvalue weighted by Gasteiger charge is -2.35. The van der Waals surface area contributed by atoms with Crippen LogP contribution >= 0.6 is 0 Å². The molecule has 0 radical (unpaired) electrons. The molecule has 2 aromatic heterocycles. The largest absolute Gasteiger partial charge is 0.494 e. The van der Waals surface area contributed by atoms with Gasteiger partial charge in [-0.2, -0.15) is 0 Å². The molecule has 0 unspecified atom stereocenters. The number of piperidine rings is 1. The molecule has 0 aliphatic carbocycles. The van der Waals surface area contributed by atoms with Crippen LogP contribution in [0.1, 0.15) is 31.2 Å². The molecule has 8 nitrogen and oxygen atoms in total. The lowest BCUT2D eigenvalue weighted by molar-refractivity contribution is -0.129. The number of ether oxygens (including phenoxy) is 2. The van der Waals surface area contributed by atoms with Crippen LogP contribution in [0.4, 0.5) is 14.6 Å². The maximum absolute atomic E-state index is 14.1. The van der Waals surface area contributed by atoms with Crippen LogP contribution in [0, 0.1) is 11.6 Å². The Bertz CT molecular complexity index is 1280. The molecule has 3 aromatic rings. The van der Waals surface area contributed by atoms with E-state index in [4.69, 9.17) is 19.4 Å². The minimum atomic E-state index is -0.706. The first kappa shape index (κ1) is 23.9. The van der Waals surface area contributed by atoms with Crippen molar-refractivity contribution >= 4 is 11.7 Å². The third-order valence-corrected chi connectivity index (χ3v) is 6.58. The van der Waals surface area contributed by atoms with Crippen molar-refractivity contribution in [3.05, 3.63) is 59.6 Å². The van der Waals surface area contributed by atoms with Crippen molar-refractivity contribution in [1.82, 2.24) is 19.9 Å². The van der Waals surface area contributed by atoms with E-state index in [1.807, 2.05) is 6.07 Å².